The van der Waals surface area contributed by atoms with Gasteiger partial charge in [0.2, 0.25) is 10.0 Å². The smallest absolute Gasteiger partial charge is 0.404 e. The summed E-state index contributed by atoms with van der Waals surface area (Å²) in [6.07, 6.45) is -2.67. The molecular formula is C21H27N3O8S. The van der Waals surface area contributed by atoms with Gasteiger partial charge in [0.05, 0.1) is 22.0 Å². The second-order valence-corrected chi connectivity index (χ2v) is 9.87. The van der Waals surface area contributed by atoms with Gasteiger partial charge in [0.15, 0.2) is 5.75 Å². The number of benzene rings is 2. The van der Waals surface area contributed by atoms with Crippen LogP contribution >= 0.6 is 0 Å². The van der Waals surface area contributed by atoms with Crippen molar-refractivity contribution in [1.82, 2.24) is 9.62 Å². The van der Waals surface area contributed by atoms with Gasteiger partial charge in [0, 0.05) is 19.2 Å². The number of aliphatic hydroxyl groups excluding tert-OH is 1. The highest BCUT2D eigenvalue weighted by molar-refractivity contribution is 7.89. The van der Waals surface area contributed by atoms with Crippen LogP contribution in [0.5, 0.6) is 5.75 Å². The first-order chi connectivity index (χ1) is 15.4. The quantitative estimate of drug-likeness (QED) is 0.279. The summed E-state index contributed by atoms with van der Waals surface area (Å²) in [4.78, 5) is 21.1. The number of hydrogen-bond donors (Lipinski definition) is 4. The van der Waals surface area contributed by atoms with Gasteiger partial charge in [-0.1, -0.05) is 44.2 Å². The van der Waals surface area contributed by atoms with Crippen LogP contribution in [0.3, 0.4) is 0 Å². The van der Waals surface area contributed by atoms with Gasteiger partial charge < -0.3 is 20.6 Å². The van der Waals surface area contributed by atoms with Crippen LogP contribution in [0.1, 0.15) is 19.4 Å². The van der Waals surface area contributed by atoms with Crippen molar-refractivity contribution in [2.45, 2.75) is 37.3 Å². The lowest BCUT2D eigenvalue weighted by Gasteiger charge is -2.30. The number of nitro benzene ring substituents is 1. The number of nitro groups is 1. The van der Waals surface area contributed by atoms with Crippen LogP contribution in [0.25, 0.3) is 0 Å². The summed E-state index contributed by atoms with van der Waals surface area (Å²) in [6.45, 7) is 3.03. The lowest BCUT2D eigenvalue weighted by atomic mass is 10.0. The van der Waals surface area contributed by atoms with E-state index in [9.17, 15) is 38.6 Å². The Morgan fingerprint density at radius 2 is 1.79 bits per heavy atom. The molecule has 0 spiro atoms. The van der Waals surface area contributed by atoms with Gasteiger partial charge in [-0.15, -0.1) is 0 Å². The lowest BCUT2D eigenvalue weighted by molar-refractivity contribution is -0.386. The van der Waals surface area contributed by atoms with E-state index in [0.717, 1.165) is 28.1 Å². The molecule has 11 nitrogen and oxygen atoms in total. The normalized spacial score (nSPS) is 13.6. The largest absolute Gasteiger partial charge is 0.502 e. The van der Waals surface area contributed by atoms with Gasteiger partial charge in [-0.3, -0.25) is 10.1 Å². The Kier molecular flexibility index (Phi) is 8.74. The third kappa shape index (κ3) is 7.14. The molecule has 33 heavy (non-hydrogen) atoms. The Morgan fingerprint density at radius 1 is 1.15 bits per heavy atom. The van der Waals surface area contributed by atoms with Crippen LogP contribution in [-0.2, 0) is 16.4 Å². The Morgan fingerprint density at radius 3 is 2.33 bits per heavy atom. The van der Waals surface area contributed by atoms with Crippen molar-refractivity contribution in [2.75, 3.05) is 13.1 Å². The average Bonchev–Trinajstić information content (AvgIpc) is 2.72. The summed E-state index contributed by atoms with van der Waals surface area (Å²) in [6, 6.07) is 10.5. The van der Waals surface area contributed by atoms with E-state index in [1.807, 2.05) is 0 Å². The highest BCUT2D eigenvalue weighted by atomic mass is 32.2. The summed E-state index contributed by atoms with van der Waals surface area (Å²) < 4.78 is 27.5. The van der Waals surface area contributed by atoms with E-state index in [1.165, 1.54) is 0 Å². The number of carboxylic acid groups (broad SMARTS) is 1. The molecule has 0 aliphatic carbocycles. The maximum atomic E-state index is 13.3. The van der Waals surface area contributed by atoms with Crippen LogP contribution in [0.2, 0.25) is 0 Å². The minimum atomic E-state index is -4.32. The van der Waals surface area contributed by atoms with Crippen molar-refractivity contribution in [3.05, 3.63) is 64.2 Å². The van der Waals surface area contributed by atoms with Crippen molar-refractivity contribution < 1.29 is 33.5 Å². The Labute approximate surface area is 191 Å². The molecule has 0 radical (unpaired) electrons. The zero-order valence-corrected chi connectivity index (χ0v) is 19.0. The molecule has 0 bridgehead atoms. The van der Waals surface area contributed by atoms with Gasteiger partial charge in [-0.2, -0.15) is 4.31 Å². The average molecular weight is 482 g/mol. The molecule has 0 unspecified atom stereocenters. The predicted molar refractivity (Wildman–Crippen MR) is 119 cm³/mol. The first kappa shape index (κ1) is 26.0. The van der Waals surface area contributed by atoms with Crippen molar-refractivity contribution in [2.24, 2.45) is 5.92 Å². The van der Waals surface area contributed by atoms with Crippen LogP contribution in [0.15, 0.2) is 53.4 Å². The van der Waals surface area contributed by atoms with Gasteiger partial charge >= 0.3 is 11.8 Å². The topological polar surface area (TPSA) is 170 Å². The van der Waals surface area contributed by atoms with Crippen LogP contribution in [-0.4, -0.2) is 64.3 Å². The second-order valence-electron chi connectivity index (χ2n) is 7.94. The molecule has 2 atom stereocenters. The lowest BCUT2D eigenvalue weighted by Crippen LogP contribution is -2.50. The Bertz CT molecular complexity index is 1080. The molecule has 180 valence electrons. The minimum absolute atomic E-state index is 0.0286. The summed E-state index contributed by atoms with van der Waals surface area (Å²) in [5, 5.41) is 43.0. The number of aliphatic hydroxyl groups is 1. The molecule has 0 aliphatic heterocycles. The monoisotopic (exact) mass is 481 g/mol. The van der Waals surface area contributed by atoms with Crippen LogP contribution in [0.4, 0.5) is 10.5 Å². The summed E-state index contributed by atoms with van der Waals surface area (Å²) in [7, 11) is -4.32. The van der Waals surface area contributed by atoms with E-state index >= 15 is 0 Å². The number of nitrogens with one attached hydrogen (secondary N) is 1. The van der Waals surface area contributed by atoms with Gasteiger partial charge in [-0.05, 0) is 30.0 Å². The second kappa shape index (κ2) is 11.1. The number of rotatable bonds is 11. The van der Waals surface area contributed by atoms with Crippen molar-refractivity contribution in [1.29, 1.82) is 0 Å². The van der Waals surface area contributed by atoms with Gasteiger partial charge in [0.25, 0.3) is 0 Å². The van der Waals surface area contributed by atoms with E-state index in [0.29, 0.717) is 0 Å². The molecule has 0 fully saturated rings. The fraction of sp³-hybridized carbons (Fsp3) is 0.381. The number of phenolic OH excluding ortho intramolecular Hbond substituents is 1. The van der Waals surface area contributed by atoms with E-state index in [2.05, 4.69) is 5.32 Å². The molecule has 2 aromatic carbocycles. The summed E-state index contributed by atoms with van der Waals surface area (Å²) in [5.41, 5.74) is -0.0293. The Balaban J connectivity index is 2.37. The molecular weight excluding hydrogens is 454 g/mol. The zero-order chi connectivity index (χ0) is 24.8. The SMILES string of the molecule is CC(C)CN(C[C@@H](O)[C@H](Cc1ccccc1)NC(=O)O)S(=O)(=O)c1ccc(O)c([N+](=O)[O-])c1. The van der Waals surface area contributed by atoms with E-state index < -0.39 is 56.1 Å². The fourth-order valence-corrected chi connectivity index (χ4v) is 4.92. The number of aromatic hydroxyl groups is 1. The first-order valence-electron chi connectivity index (χ1n) is 10.1. The molecule has 0 saturated heterocycles. The van der Waals surface area contributed by atoms with E-state index in [-0.39, 0.29) is 18.9 Å². The molecule has 12 heteroatoms. The van der Waals surface area contributed by atoms with Crippen molar-refractivity contribution >= 4 is 21.8 Å². The first-order valence-corrected chi connectivity index (χ1v) is 11.5. The van der Waals surface area contributed by atoms with Crippen LogP contribution < -0.4 is 5.32 Å². The van der Waals surface area contributed by atoms with Crippen molar-refractivity contribution in [3.63, 3.8) is 0 Å². The number of nitrogens with zero attached hydrogens (tertiary/aromatic N) is 2. The third-order valence-corrected chi connectivity index (χ3v) is 6.64. The summed E-state index contributed by atoms with van der Waals surface area (Å²) in [5.74, 6) is -0.845. The van der Waals surface area contributed by atoms with E-state index in [4.69, 9.17) is 0 Å². The highest BCUT2D eigenvalue weighted by Crippen LogP contribution is 2.30. The molecule has 4 N–H and O–H groups in total. The molecule has 0 heterocycles. The number of carbonyl (C=O) groups is 1. The summed E-state index contributed by atoms with van der Waals surface area (Å²) >= 11 is 0. The molecule has 0 saturated carbocycles. The van der Waals surface area contributed by atoms with Crippen LogP contribution in [0, 0.1) is 16.0 Å². The highest BCUT2D eigenvalue weighted by Gasteiger charge is 2.32. The number of hydrogen-bond acceptors (Lipinski definition) is 7. The fourth-order valence-electron chi connectivity index (χ4n) is 3.28. The maximum Gasteiger partial charge on any atom is 0.404 e. The molecule has 2 aromatic rings. The molecule has 0 aromatic heterocycles. The van der Waals surface area contributed by atoms with Gasteiger partial charge in [0.1, 0.15) is 0 Å². The molecule has 2 rings (SSSR count). The zero-order valence-electron chi connectivity index (χ0n) is 18.2. The van der Waals surface area contributed by atoms with Crippen molar-refractivity contribution in [3.8, 4) is 5.75 Å². The Hall–Kier alpha value is -3.22. The molecule has 0 aliphatic rings. The molecule has 1 amide bonds. The standard InChI is InChI=1S/C21H27N3O8S/c1-14(2)12-23(33(31,32)16-8-9-19(25)18(11-16)24(29)30)13-20(26)17(22-21(27)28)10-15-6-4-3-5-7-15/h3-9,11,14,17,20,22,25-26H,10,12-13H2,1-2H3,(H,27,28)/t17-,20+/m0/s1. The minimum Gasteiger partial charge on any atom is -0.502 e. The number of amides is 1. The number of sulfonamides is 1. The number of phenols is 1. The maximum absolute atomic E-state index is 13.3. The van der Waals surface area contributed by atoms with E-state index in [1.54, 1.807) is 44.2 Å². The van der Waals surface area contributed by atoms with Gasteiger partial charge in [-0.25, -0.2) is 13.2 Å². The third-order valence-electron chi connectivity index (χ3n) is 4.81. The predicted octanol–water partition coefficient (Wildman–Crippen LogP) is 2.19.